The number of aliphatic hydroxyl groups excluding tert-OH is 1. The van der Waals surface area contributed by atoms with Crippen molar-refractivity contribution in [1.29, 1.82) is 0 Å². The first-order valence-corrected chi connectivity index (χ1v) is 8.21. The van der Waals surface area contributed by atoms with Gasteiger partial charge in [0.15, 0.2) is 0 Å². The Morgan fingerprint density at radius 2 is 2.10 bits per heavy atom. The summed E-state index contributed by atoms with van der Waals surface area (Å²) in [5, 5.41) is 14.9. The molecule has 0 bridgehead atoms. The van der Waals surface area contributed by atoms with Crippen LogP contribution in [-0.4, -0.2) is 16.2 Å². The predicted molar refractivity (Wildman–Crippen MR) is 86.5 cm³/mol. The summed E-state index contributed by atoms with van der Waals surface area (Å²) in [4.78, 5) is 5.73. The molecule has 3 nitrogen and oxygen atoms in total. The molecule has 3 rings (SSSR count). The number of aliphatic hydroxyl groups is 1. The summed E-state index contributed by atoms with van der Waals surface area (Å²) in [6.45, 7) is 7.30. The van der Waals surface area contributed by atoms with Crippen molar-refractivity contribution in [3.05, 3.63) is 51.5 Å². The highest BCUT2D eigenvalue weighted by atomic mass is 32.1. The van der Waals surface area contributed by atoms with Crippen LogP contribution in [0.5, 0.6) is 0 Å². The van der Waals surface area contributed by atoms with Crippen LogP contribution < -0.4 is 5.32 Å². The first-order chi connectivity index (χ1) is 9.95. The van der Waals surface area contributed by atoms with E-state index in [9.17, 15) is 5.11 Å². The Hall–Kier alpha value is -1.23. The highest BCUT2D eigenvalue weighted by Crippen LogP contribution is 2.32. The van der Waals surface area contributed by atoms with Crippen molar-refractivity contribution in [3.63, 3.8) is 0 Å². The maximum atomic E-state index is 10.2. The van der Waals surface area contributed by atoms with Crippen LogP contribution in [0.4, 0.5) is 0 Å². The SMILES string of the molecule is CC(C)(C)c1ncc(CN[C@H]2c3ccccc3C[C@H]2O)s1. The van der Waals surface area contributed by atoms with Gasteiger partial charge in [-0.25, -0.2) is 4.98 Å². The maximum absolute atomic E-state index is 10.2. The van der Waals surface area contributed by atoms with Crippen molar-refractivity contribution in [2.45, 2.75) is 51.3 Å². The standard InChI is InChI=1S/C17H22N2OS/c1-17(2,3)16-19-10-12(21-16)9-18-15-13-7-5-4-6-11(13)8-14(15)20/h4-7,10,14-15,18,20H,8-9H2,1-3H3/t14-,15+/m1/s1. The van der Waals surface area contributed by atoms with Gasteiger partial charge in [0, 0.05) is 29.5 Å². The highest BCUT2D eigenvalue weighted by Gasteiger charge is 2.30. The number of nitrogens with zero attached hydrogens (tertiary/aromatic N) is 1. The molecule has 0 spiro atoms. The number of nitrogens with one attached hydrogen (secondary N) is 1. The summed E-state index contributed by atoms with van der Waals surface area (Å²) >= 11 is 1.75. The molecule has 1 aliphatic rings. The second kappa shape index (κ2) is 5.52. The lowest BCUT2D eigenvalue weighted by molar-refractivity contribution is 0.141. The summed E-state index contributed by atoms with van der Waals surface area (Å²) in [5.41, 5.74) is 2.58. The number of thiazole rings is 1. The van der Waals surface area contributed by atoms with E-state index in [4.69, 9.17) is 0 Å². The number of benzene rings is 1. The van der Waals surface area contributed by atoms with Crippen LogP contribution in [0.1, 0.15) is 47.8 Å². The second-order valence-electron chi connectivity index (χ2n) is 6.71. The van der Waals surface area contributed by atoms with E-state index in [-0.39, 0.29) is 17.6 Å². The molecule has 0 radical (unpaired) electrons. The lowest BCUT2D eigenvalue weighted by Gasteiger charge is -2.17. The zero-order chi connectivity index (χ0) is 15.0. The van der Waals surface area contributed by atoms with E-state index in [1.54, 1.807) is 11.3 Å². The smallest absolute Gasteiger partial charge is 0.0981 e. The molecule has 2 atom stereocenters. The zero-order valence-corrected chi connectivity index (χ0v) is 13.6. The fraction of sp³-hybridized carbons (Fsp3) is 0.471. The molecule has 0 unspecified atom stereocenters. The summed E-state index contributed by atoms with van der Waals surface area (Å²) in [7, 11) is 0. The molecule has 1 aromatic carbocycles. The van der Waals surface area contributed by atoms with Gasteiger partial charge in [-0.3, -0.25) is 0 Å². The van der Waals surface area contributed by atoms with Gasteiger partial charge >= 0.3 is 0 Å². The molecular formula is C17H22N2OS. The molecule has 1 aliphatic carbocycles. The van der Waals surface area contributed by atoms with Gasteiger partial charge in [-0.05, 0) is 11.1 Å². The minimum Gasteiger partial charge on any atom is -0.391 e. The normalized spacial score (nSPS) is 21.5. The zero-order valence-electron chi connectivity index (χ0n) is 12.8. The number of fused-ring (bicyclic) bond motifs is 1. The van der Waals surface area contributed by atoms with E-state index in [2.05, 4.69) is 43.2 Å². The molecule has 21 heavy (non-hydrogen) atoms. The molecule has 0 saturated heterocycles. The van der Waals surface area contributed by atoms with Crippen molar-refractivity contribution in [1.82, 2.24) is 10.3 Å². The Balaban J connectivity index is 1.69. The van der Waals surface area contributed by atoms with E-state index in [0.29, 0.717) is 0 Å². The van der Waals surface area contributed by atoms with Gasteiger partial charge in [-0.15, -0.1) is 11.3 Å². The second-order valence-corrected chi connectivity index (χ2v) is 7.83. The molecule has 112 valence electrons. The Bertz CT molecular complexity index is 630. The van der Waals surface area contributed by atoms with Gasteiger partial charge in [0.05, 0.1) is 17.2 Å². The summed E-state index contributed by atoms with van der Waals surface area (Å²) < 4.78 is 0. The van der Waals surface area contributed by atoms with Crippen molar-refractivity contribution in [2.24, 2.45) is 0 Å². The molecule has 0 fully saturated rings. The minimum atomic E-state index is -0.336. The van der Waals surface area contributed by atoms with Gasteiger partial charge in [0.2, 0.25) is 0 Å². The van der Waals surface area contributed by atoms with Gasteiger partial charge in [0.1, 0.15) is 0 Å². The molecule has 2 aromatic rings. The van der Waals surface area contributed by atoms with Crippen molar-refractivity contribution < 1.29 is 5.11 Å². The van der Waals surface area contributed by atoms with Crippen LogP contribution in [0.3, 0.4) is 0 Å². The van der Waals surface area contributed by atoms with Crippen LogP contribution >= 0.6 is 11.3 Å². The molecule has 0 saturated carbocycles. The number of hydrogen-bond acceptors (Lipinski definition) is 4. The van der Waals surface area contributed by atoms with E-state index < -0.39 is 0 Å². The third kappa shape index (κ3) is 3.03. The van der Waals surface area contributed by atoms with Crippen LogP contribution in [0, 0.1) is 0 Å². The van der Waals surface area contributed by atoms with Gasteiger partial charge in [-0.1, -0.05) is 45.0 Å². The fourth-order valence-corrected chi connectivity index (χ4v) is 3.69. The number of aromatic nitrogens is 1. The number of rotatable bonds is 3. The third-order valence-corrected chi connectivity index (χ3v) is 5.32. The summed E-state index contributed by atoms with van der Waals surface area (Å²) in [6, 6.07) is 8.31. The van der Waals surface area contributed by atoms with E-state index >= 15 is 0 Å². The van der Waals surface area contributed by atoms with E-state index in [1.807, 2.05) is 18.3 Å². The maximum Gasteiger partial charge on any atom is 0.0981 e. The van der Waals surface area contributed by atoms with E-state index in [0.717, 1.165) is 18.0 Å². The third-order valence-electron chi connectivity index (χ3n) is 3.90. The molecular weight excluding hydrogens is 280 g/mol. The van der Waals surface area contributed by atoms with E-state index in [1.165, 1.54) is 16.0 Å². The molecule has 2 N–H and O–H groups in total. The monoisotopic (exact) mass is 302 g/mol. The Morgan fingerprint density at radius 3 is 2.81 bits per heavy atom. The predicted octanol–water partition coefficient (Wildman–Crippen LogP) is 3.19. The van der Waals surface area contributed by atoms with Crippen LogP contribution in [0.2, 0.25) is 0 Å². The van der Waals surface area contributed by atoms with Gasteiger partial charge in [0.25, 0.3) is 0 Å². The van der Waals surface area contributed by atoms with Crippen LogP contribution in [-0.2, 0) is 18.4 Å². The summed E-state index contributed by atoms with van der Waals surface area (Å²) in [6.07, 6.45) is 2.35. The minimum absolute atomic E-state index is 0.0291. The first kappa shape index (κ1) is 14.7. The quantitative estimate of drug-likeness (QED) is 0.915. The van der Waals surface area contributed by atoms with Crippen molar-refractivity contribution in [3.8, 4) is 0 Å². The Kier molecular flexibility index (Phi) is 3.86. The van der Waals surface area contributed by atoms with Gasteiger partial charge < -0.3 is 10.4 Å². The van der Waals surface area contributed by atoms with Crippen LogP contribution in [0.25, 0.3) is 0 Å². The molecule has 4 heteroatoms. The lowest BCUT2D eigenvalue weighted by atomic mass is 9.98. The Morgan fingerprint density at radius 1 is 1.33 bits per heavy atom. The van der Waals surface area contributed by atoms with Crippen LogP contribution in [0.15, 0.2) is 30.5 Å². The molecule has 0 aliphatic heterocycles. The topological polar surface area (TPSA) is 45.2 Å². The molecule has 1 heterocycles. The Labute approximate surface area is 130 Å². The fourth-order valence-electron chi connectivity index (χ4n) is 2.77. The molecule has 1 aromatic heterocycles. The first-order valence-electron chi connectivity index (χ1n) is 7.39. The largest absolute Gasteiger partial charge is 0.391 e. The molecule has 0 amide bonds. The van der Waals surface area contributed by atoms with Crippen molar-refractivity contribution >= 4 is 11.3 Å². The van der Waals surface area contributed by atoms with Crippen molar-refractivity contribution in [2.75, 3.05) is 0 Å². The lowest BCUT2D eigenvalue weighted by Crippen LogP contribution is -2.28. The van der Waals surface area contributed by atoms with Gasteiger partial charge in [-0.2, -0.15) is 0 Å². The summed E-state index contributed by atoms with van der Waals surface area (Å²) in [5.74, 6) is 0. The number of hydrogen-bond donors (Lipinski definition) is 2. The average molecular weight is 302 g/mol. The average Bonchev–Trinajstić information content (AvgIpc) is 3.00. The highest BCUT2D eigenvalue weighted by molar-refractivity contribution is 7.11.